The van der Waals surface area contributed by atoms with Crippen molar-refractivity contribution in [3.8, 4) is 5.75 Å². The number of sulfonamides is 1. The van der Waals surface area contributed by atoms with Crippen LogP contribution in [0.25, 0.3) is 0 Å². The van der Waals surface area contributed by atoms with E-state index in [0.29, 0.717) is 17.0 Å². The van der Waals surface area contributed by atoms with Crippen LogP contribution in [-0.2, 0) is 22.9 Å². The van der Waals surface area contributed by atoms with E-state index in [9.17, 15) is 13.2 Å². The van der Waals surface area contributed by atoms with Gasteiger partial charge in [-0.15, -0.1) is 0 Å². The molecule has 1 fully saturated rings. The highest BCUT2D eigenvalue weighted by Gasteiger charge is 2.24. The number of fused-ring (bicyclic) bond motifs is 1. The minimum absolute atomic E-state index is 0.000429. The fourth-order valence-corrected chi connectivity index (χ4v) is 5.54. The number of piperidine rings is 1. The highest BCUT2D eigenvalue weighted by Crippen LogP contribution is 2.33. The molecule has 2 aromatic carbocycles. The summed E-state index contributed by atoms with van der Waals surface area (Å²) in [6, 6.07) is 10.2. The number of anilines is 1. The number of rotatable bonds is 5. The highest BCUT2D eigenvalue weighted by molar-refractivity contribution is 7.92. The number of likely N-dealkylation sites (tertiary alicyclic amines) is 1. The number of nitrogens with one attached hydrogen (secondary N) is 1. The fraction of sp³-hybridized carbons (Fsp3) is 0.435. The van der Waals surface area contributed by atoms with Crippen molar-refractivity contribution in [2.24, 2.45) is 0 Å². The van der Waals surface area contributed by atoms with Crippen LogP contribution in [-0.4, -0.2) is 39.4 Å². The number of methoxy groups -OCH3 is 1. The van der Waals surface area contributed by atoms with Crippen LogP contribution in [0.1, 0.15) is 53.6 Å². The number of hydrogen-bond acceptors (Lipinski definition) is 4. The second-order valence-corrected chi connectivity index (χ2v) is 9.67. The summed E-state index contributed by atoms with van der Waals surface area (Å²) in [6.07, 6.45) is 7.25. The van der Waals surface area contributed by atoms with Crippen LogP contribution < -0.4 is 9.46 Å². The molecule has 0 saturated carbocycles. The predicted molar refractivity (Wildman–Crippen MR) is 117 cm³/mol. The molecule has 0 radical (unpaired) electrons. The molecule has 0 unspecified atom stereocenters. The van der Waals surface area contributed by atoms with E-state index in [1.54, 1.807) is 30.3 Å². The highest BCUT2D eigenvalue weighted by atomic mass is 32.2. The Morgan fingerprint density at radius 2 is 1.57 bits per heavy atom. The van der Waals surface area contributed by atoms with Gasteiger partial charge < -0.3 is 9.64 Å². The second kappa shape index (κ2) is 8.68. The summed E-state index contributed by atoms with van der Waals surface area (Å²) < 4.78 is 34.1. The molecule has 30 heavy (non-hydrogen) atoms. The summed E-state index contributed by atoms with van der Waals surface area (Å²) in [5.41, 5.74) is 3.23. The maximum atomic E-state index is 13.1. The van der Waals surface area contributed by atoms with Crippen LogP contribution in [0.4, 0.5) is 5.69 Å². The number of carbonyl (C=O) groups is 1. The second-order valence-electron chi connectivity index (χ2n) is 8.01. The molecule has 4 rings (SSSR count). The van der Waals surface area contributed by atoms with Gasteiger partial charge in [-0.05, 0) is 92.5 Å². The molecule has 0 atom stereocenters. The van der Waals surface area contributed by atoms with Gasteiger partial charge >= 0.3 is 0 Å². The van der Waals surface area contributed by atoms with Crippen LogP contribution in [0.3, 0.4) is 0 Å². The van der Waals surface area contributed by atoms with Crippen molar-refractivity contribution in [3.05, 3.63) is 53.1 Å². The first-order chi connectivity index (χ1) is 14.5. The van der Waals surface area contributed by atoms with Crippen molar-refractivity contribution >= 4 is 21.6 Å². The molecule has 1 aliphatic heterocycles. The quantitative estimate of drug-likeness (QED) is 0.781. The van der Waals surface area contributed by atoms with E-state index < -0.39 is 10.0 Å². The lowest BCUT2D eigenvalue weighted by Gasteiger charge is -2.26. The smallest absolute Gasteiger partial charge is 0.265 e. The normalized spacial score (nSPS) is 16.6. The Morgan fingerprint density at radius 3 is 2.20 bits per heavy atom. The Labute approximate surface area is 178 Å². The zero-order valence-electron chi connectivity index (χ0n) is 17.3. The number of carbonyl (C=O) groups excluding carboxylic acids is 1. The van der Waals surface area contributed by atoms with Gasteiger partial charge in [-0.25, -0.2) is 8.42 Å². The molecule has 1 N–H and O–H groups in total. The summed E-state index contributed by atoms with van der Waals surface area (Å²) in [6.45, 7) is 1.57. The third-order valence-corrected chi connectivity index (χ3v) is 7.35. The summed E-state index contributed by atoms with van der Waals surface area (Å²) >= 11 is 0. The fourth-order valence-electron chi connectivity index (χ4n) is 4.28. The Morgan fingerprint density at radius 1 is 0.933 bits per heavy atom. The van der Waals surface area contributed by atoms with Crippen molar-refractivity contribution in [1.82, 2.24) is 4.90 Å². The summed E-state index contributed by atoms with van der Waals surface area (Å²) in [5, 5.41) is 0. The number of ether oxygens (including phenoxy) is 1. The van der Waals surface area contributed by atoms with E-state index in [2.05, 4.69) is 4.72 Å². The van der Waals surface area contributed by atoms with Gasteiger partial charge in [-0.2, -0.15) is 0 Å². The Balaban J connectivity index is 1.54. The van der Waals surface area contributed by atoms with Crippen LogP contribution in [0.5, 0.6) is 5.75 Å². The molecule has 6 nitrogen and oxygen atoms in total. The van der Waals surface area contributed by atoms with Crippen molar-refractivity contribution in [1.29, 1.82) is 0 Å². The van der Waals surface area contributed by atoms with E-state index in [1.807, 2.05) is 11.0 Å². The molecule has 7 heteroatoms. The number of hydrogen-bond donors (Lipinski definition) is 1. The minimum atomic E-state index is -3.81. The van der Waals surface area contributed by atoms with E-state index in [0.717, 1.165) is 69.2 Å². The van der Waals surface area contributed by atoms with Gasteiger partial charge in [0.1, 0.15) is 10.6 Å². The molecule has 2 aliphatic rings. The Bertz CT molecular complexity index is 1030. The SMILES string of the molecule is COc1cc2c(cc1S(=O)(=O)Nc1ccc(C(=O)N3CCCCC3)cc1)CCCC2. The van der Waals surface area contributed by atoms with Crippen molar-refractivity contribution < 1.29 is 17.9 Å². The largest absolute Gasteiger partial charge is 0.495 e. The molecular formula is C23H28N2O4S. The van der Waals surface area contributed by atoms with E-state index >= 15 is 0 Å². The third kappa shape index (κ3) is 4.31. The summed E-state index contributed by atoms with van der Waals surface area (Å²) in [7, 11) is -2.32. The van der Waals surface area contributed by atoms with E-state index in [4.69, 9.17) is 4.74 Å². The third-order valence-electron chi connectivity index (χ3n) is 5.94. The molecule has 0 aromatic heterocycles. The molecule has 2 aromatic rings. The number of benzene rings is 2. The first kappa shape index (κ1) is 20.7. The van der Waals surface area contributed by atoms with Crippen LogP contribution in [0.15, 0.2) is 41.3 Å². The average molecular weight is 429 g/mol. The van der Waals surface area contributed by atoms with Crippen LogP contribution in [0, 0.1) is 0 Å². The van der Waals surface area contributed by atoms with Crippen LogP contribution in [0.2, 0.25) is 0 Å². The summed E-state index contributed by atoms with van der Waals surface area (Å²) in [5.74, 6) is 0.362. The lowest BCUT2D eigenvalue weighted by atomic mass is 9.92. The van der Waals surface area contributed by atoms with Crippen molar-refractivity contribution in [3.63, 3.8) is 0 Å². The number of nitrogens with zero attached hydrogens (tertiary/aromatic N) is 1. The van der Waals surface area contributed by atoms with Gasteiger partial charge in [-0.3, -0.25) is 9.52 Å². The number of aryl methyl sites for hydroxylation is 2. The first-order valence-electron chi connectivity index (χ1n) is 10.6. The summed E-state index contributed by atoms with van der Waals surface area (Å²) in [4.78, 5) is 14.6. The Hall–Kier alpha value is -2.54. The van der Waals surface area contributed by atoms with Crippen LogP contribution >= 0.6 is 0 Å². The van der Waals surface area contributed by atoms with E-state index in [1.165, 1.54) is 7.11 Å². The lowest BCUT2D eigenvalue weighted by molar-refractivity contribution is 0.0724. The number of amides is 1. The van der Waals surface area contributed by atoms with Gasteiger partial charge in [0.15, 0.2) is 0 Å². The maximum Gasteiger partial charge on any atom is 0.265 e. The maximum absolute atomic E-state index is 13.1. The molecular weight excluding hydrogens is 400 g/mol. The molecule has 1 heterocycles. The van der Waals surface area contributed by atoms with Crippen molar-refractivity contribution in [2.75, 3.05) is 24.9 Å². The average Bonchev–Trinajstić information content (AvgIpc) is 2.78. The minimum Gasteiger partial charge on any atom is -0.495 e. The van der Waals surface area contributed by atoms with Gasteiger partial charge in [0, 0.05) is 24.3 Å². The van der Waals surface area contributed by atoms with E-state index in [-0.39, 0.29) is 10.8 Å². The van der Waals surface area contributed by atoms with Gasteiger partial charge in [0.2, 0.25) is 0 Å². The molecule has 1 saturated heterocycles. The lowest BCUT2D eigenvalue weighted by Crippen LogP contribution is -2.35. The van der Waals surface area contributed by atoms with Gasteiger partial charge in [0.25, 0.3) is 15.9 Å². The Kier molecular flexibility index (Phi) is 5.99. The molecule has 1 amide bonds. The first-order valence-corrected chi connectivity index (χ1v) is 12.1. The molecule has 0 bridgehead atoms. The van der Waals surface area contributed by atoms with Gasteiger partial charge in [-0.1, -0.05) is 0 Å². The molecule has 1 aliphatic carbocycles. The molecule has 160 valence electrons. The standard InChI is InChI=1S/C23H28N2O4S/c1-29-21-15-18-7-3-4-8-19(18)16-22(21)30(27,28)24-20-11-9-17(10-12-20)23(26)25-13-5-2-6-14-25/h9-12,15-16,24H,2-8,13-14H2,1H3. The zero-order valence-corrected chi connectivity index (χ0v) is 18.1. The molecule has 0 spiro atoms. The predicted octanol–water partition coefficient (Wildman–Crippen LogP) is 4.00. The van der Waals surface area contributed by atoms with Gasteiger partial charge in [0.05, 0.1) is 7.11 Å². The topological polar surface area (TPSA) is 75.7 Å². The van der Waals surface area contributed by atoms with Crippen molar-refractivity contribution in [2.45, 2.75) is 49.8 Å². The zero-order chi connectivity index (χ0) is 21.1. The monoisotopic (exact) mass is 428 g/mol.